The van der Waals surface area contributed by atoms with Gasteiger partial charge in [0.2, 0.25) is 0 Å². The molecule has 0 amide bonds. The van der Waals surface area contributed by atoms with E-state index < -0.39 is 10.2 Å². The molecule has 2 unspecified atom stereocenters. The highest BCUT2D eigenvalue weighted by Crippen LogP contribution is 2.36. The van der Waals surface area contributed by atoms with Crippen LogP contribution in [0, 0.1) is 0 Å². The van der Waals surface area contributed by atoms with Gasteiger partial charge in [0.15, 0.2) is 5.79 Å². The lowest BCUT2D eigenvalue weighted by molar-refractivity contribution is -0.192. The van der Waals surface area contributed by atoms with Crippen LogP contribution in [-0.2, 0) is 24.4 Å². The largest absolute Gasteiger partial charge is 0.377 e. The monoisotopic (exact) mass is 377 g/mol. The van der Waals surface area contributed by atoms with Gasteiger partial charge in [0, 0.05) is 39.0 Å². The van der Waals surface area contributed by atoms with E-state index in [0.717, 1.165) is 45.1 Å². The minimum absolute atomic E-state index is 0.00153. The summed E-state index contributed by atoms with van der Waals surface area (Å²) in [5, 5.41) is 3.40. The lowest BCUT2D eigenvalue weighted by Gasteiger charge is -2.37. The normalized spacial score (nSPS) is 31.0. The summed E-state index contributed by atoms with van der Waals surface area (Å²) in [7, 11) is -0.361. The molecule has 9 heteroatoms. The molecule has 0 aromatic rings. The summed E-state index contributed by atoms with van der Waals surface area (Å²) >= 11 is 0. The van der Waals surface area contributed by atoms with Gasteiger partial charge in [-0.1, -0.05) is 0 Å². The molecule has 2 aliphatic heterocycles. The second-order valence-corrected chi connectivity index (χ2v) is 9.27. The number of nitrogens with zero attached hydrogens (tertiary/aromatic N) is 1. The molecule has 2 heterocycles. The molecule has 1 saturated carbocycles. The van der Waals surface area contributed by atoms with Gasteiger partial charge in [-0.3, -0.25) is 0 Å². The summed E-state index contributed by atoms with van der Waals surface area (Å²) in [6.45, 7) is 2.78. The molecular formula is C16H31N3O5S. The molecule has 3 fully saturated rings. The van der Waals surface area contributed by atoms with Crippen molar-refractivity contribution in [1.29, 1.82) is 0 Å². The summed E-state index contributed by atoms with van der Waals surface area (Å²) in [4.78, 5) is 0. The minimum Gasteiger partial charge on any atom is -0.377 e. The Morgan fingerprint density at radius 1 is 1.20 bits per heavy atom. The Bertz CT molecular complexity index is 526. The fourth-order valence-electron chi connectivity index (χ4n) is 3.79. The zero-order valence-corrected chi connectivity index (χ0v) is 16.0. The standard InChI is InChI=1S/C16H31N3O5S/c1-19(2)25(20,21)18-14-4-3-9-17-15(14)12-22-13-5-7-16(8-6-13)23-10-11-24-16/h13-15,17-18H,3-12H2,1-2H3. The highest BCUT2D eigenvalue weighted by atomic mass is 32.2. The molecule has 2 atom stereocenters. The Morgan fingerprint density at radius 3 is 2.52 bits per heavy atom. The van der Waals surface area contributed by atoms with E-state index in [2.05, 4.69) is 10.0 Å². The number of nitrogens with one attached hydrogen (secondary N) is 2. The quantitative estimate of drug-likeness (QED) is 0.688. The second-order valence-electron chi connectivity index (χ2n) is 7.35. The van der Waals surface area contributed by atoms with E-state index in [-0.39, 0.29) is 24.0 Å². The highest BCUT2D eigenvalue weighted by molar-refractivity contribution is 7.87. The molecule has 146 valence electrons. The number of hydrogen-bond acceptors (Lipinski definition) is 6. The average Bonchev–Trinajstić information content (AvgIpc) is 3.03. The summed E-state index contributed by atoms with van der Waals surface area (Å²) in [6.07, 6.45) is 5.54. The smallest absolute Gasteiger partial charge is 0.279 e. The maximum Gasteiger partial charge on any atom is 0.279 e. The first-order chi connectivity index (χ1) is 11.9. The predicted octanol–water partition coefficient (Wildman–Crippen LogP) is 0.205. The summed E-state index contributed by atoms with van der Waals surface area (Å²) in [6, 6.07) is -0.143. The van der Waals surface area contributed by atoms with Crippen molar-refractivity contribution in [3.8, 4) is 0 Å². The van der Waals surface area contributed by atoms with Gasteiger partial charge < -0.3 is 19.5 Å². The van der Waals surface area contributed by atoms with E-state index in [0.29, 0.717) is 19.8 Å². The molecule has 0 aromatic carbocycles. The second kappa shape index (κ2) is 8.16. The van der Waals surface area contributed by atoms with Crippen LogP contribution in [0.2, 0.25) is 0 Å². The van der Waals surface area contributed by atoms with E-state index in [1.165, 1.54) is 18.4 Å². The fraction of sp³-hybridized carbons (Fsp3) is 1.00. The van der Waals surface area contributed by atoms with Gasteiger partial charge in [-0.05, 0) is 32.2 Å². The topological polar surface area (TPSA) is 89.1 Å². The van der Waals surface area contributed by atoms with Gasteiger partial charge in [0.1, 0.15) is 0 Å². The number of piperidine rings is 1. The molecule has 2 saturated heterocycles. The zero-order chi connectivity index (χ0) is 17.9. The van der Waals surface area contributed by atoms with Crippen LogP contribution >= 0.6 is 0 Å². The van der Waals surface area contributed by atoms with Crippen molar-refractivity contribution < 1.29 is 22.6 Å². The predicted molar refractivity (Wildman–Crippen MR) is 93.4 cm³/mol. The Balaban J connectivity index is 1.47. The van der Waals surface area contributed by atoms with Crippen molar-refractivity contribution in [2.24, 2.45) is 0 Å². The molecule has 1 aliphatic carbocycles. The van der Waals surface area contributed by atoms with E-state index in [9.17, 15) is 8.42 Å². The highest BCUT2D eigenvalue weighted by Gasteiger charge is 2.41. The molecule has 0 bridgehead atoms. The molecule has 0 aromatic heterocycles. The van der Waals surface area contributed by atoms with Gasteiger partial charge >= 0.3 is 0 Å². The molecule has 0 radical (unpaired) electrons. The van der Waals surface area contributed by atoms with Crippen LogP contribution in [0.1, 0.15) is 38.5 Å². The van der Waals surface area contributed by atoms with E-state index in [4.69, 9.17) is 14.2 Å². The lowest BCUT2D eigenvalue weighted by Crippen LogP contribution is -2.57. The number of rotatable bonds is 6. The zero-order valence-electron chi connectivity index (χ0n) is 15.2. The summed E-state index contributed by atoms with van der Waals surface area (Å²) < 4.78 is 45.8. The van der Waals surface area contributed by atoms with Gasteiger partial charge in [-0.25, -0.2) is 0 Å². The average molecular weight is 378 g/mol. The van der Waals surface area contributed by atoms with E-state index in [1.54, 1.807) is 0 Å². The summed E-state index contributed by atoms with van der Waals surface area (Å²) in [5.41, 5.74) is 0. The SMILES string of the molecule is CN(C)S(=O)(=O)NC1CCCNC1COC1CCC2(CC1)OCCO2. The number of ether oxygens (including phenoxy) is 3. The Kier molecular flexibility index (Phi) is 6.36. The van der Waals surface area contributed by atoms with E-state index >= 15 is 0 Å². The van der Waals surface area contributed by atoms with Crippen molar-refractivity contribution in [3.63, 3.8) is 0 Å². The van der Waals surface area contributed by atoms with Crippen LogP contribution in [-0.4, -0.2) is 77.2 Å². The lowest BCUT2D eigenvalue weighted by atomic mass is 9.91. The summed E-state index contributed by atoms with van der Waals surface area (Å²) in [5.74, 6) is -0.368. The number of hydrogen-bond donors (Lipinski definition) is 2. The van der Waals surface area contributed by atoms with Crippen molar-refractivity contribution in [2.45, 2.75) is 62.5 Å². The van der Waals surface area contributed by atoms with Crippen LogP contribution < -0.4 is 10.0 Å². The van der Waals surface area contributed by atoms with Crippen LogP contribution in [0.4, 0.5) is 0 Å². The van der Waals surface area contributed by atoms with Crippen LogP contribution in [0.25, 0.3) is 0 Å². The molecule has 2 N–H and O–H groups in total. The molecule has 25 heavy (non-hydrogen) atoms. The molecule has 1 spiro atoms. The third-order valence-electron chi connectivity index (χ3n) is 5.38. The van der Waals surface area contributed by atoms with E-state index in [1.807, 2.05) is 0 Å². The van der Waals surface area contributed by atoms with Gasteiger partial charge in [-0.15, -0.1) is 0 Å². The van der Waals surface area contributed by atoms with Gasteiger partial charge in [0.25, 0.3) is 10.2 Å². The fourth-order valence-corrected chi connectivity index (χ4v) is 4.66. The third kappa shape index (κ3) is 4.91. The first-order valence-corrected chi connectivity index (χ1v) is 10.7. The Labute approximate surface area is 150 Å². The van der Waals surface area contributed by atoms with Crippen molar-refractivity contribution in [3.05, 3.63) is 0 Å². The van der Waals surface area contributed by atoms with Crippen LogP contribution in [0.3, 0.4) is 0 Å². The molecular weight excluding hydrogens is 346 g/mol. The maximum absolute atomic E-state index is 12.1. The van der Waals surface area contributed by atoms with Crippen LogP contribution in [0.15, 0.2) is 0 Å². The van der Waals surface area contributed by atoms with Gasteiger partial charge in [0.05, 0.1) is 25.9 Å². The van der Waals surface area contributed by atoms with Crippen LogP contribution in [0.5, 0.6) is 0 Å². The van der Waals surface area contributed by atoms with Crippen molar-refractivity contribution in [1.82, 2.24) is 14.3 Å². The minimum atomic E-state index is -3.43. The first-order valence-electron chi connectivity index (χ1n) is 9.23. The Morgan fingerprint density at radius 2 is 1.88 bits per heavy atom. The Hall–Kier alpha value is -0.290. The van der Waals surface area contributed by atoms with Crippen molar-refractivity contribution in [2.75, 3.05) is 40.5 Å². The van der Waals surface area contributed by atoms with Gasteiger partial charge in [-0.2, -0.15) is 17.4 Å². The third-order valence-corrected chi connectivity index (χ3v) is 6.95. The molecule has 8 nitrogen and oxygen atoms in total. The first kappa shape index (κ1) is 19.5. The molecule has 3 rings (SSSR count). The van der Waals surface area contributed by atoms with Crippen molar-refractivity contribution >= 4 is 10.2 Å². The maximum atomic E-state index is 12.1. The molecule has 3 aliphatic rings.